The smallest absolute Gasteiger partial charge is 0.264 e. The van der Waals surface area contributed by atoms with E-state index < -0.39 is 10.0 Å². The molecule has 2 aromatic rings. The summed E-state index contributed by atoms with van der Waals surface area (Å²) in [4.78, 5) is -0.0136. The van der Waals surface area contributed by atoms with Gasteiger partial charge in [0.25, 0.3) is 10.0 Å². The molecule has 6 heteroatoms. The van der Waals surface area contributed by atoms with E-state index in [2.05, 4.69) is 4.72 Å². The molecule has 0 fully saturated rings. The number of benzene rings is 2. The van der Waals surface area contributed by atoms with Crippen LogP contribution in [0.3, 0.4) is 0 Å². The maximum Gasteiger partial charge on any atom is 0.264 e. The van der Waals surface area contributed by atoms with E-state index >= 15 is 0 Å². The molecule has 2 aromatic carbocycles. The molecule has 2 rings (SSSR count). The number of rotatable bonds is 4. The Morgan fingerprint density at radius 1 is 1.24 bits per heavy atom. The second-order valence-corrected chi connectivity index (χ2v) is 6.84. The number of nitrogen functional groups attached to an aromatic ring is 1. The van der Waals surface area contributed by atoms with Crippen molar-refractivity contribution in [3.8, 4) is 0 Å². The average Bonchev–Trinajstić information content (AvgIpc) is 2.43. The Kier molecular flexibility index (Phi) is 4.44. The van der Waals surface area contributed by atoms with Crippen LogP contribution in [0.5, 0.6) is 0 Å². The van der Waals surface area contributed by atoms with Gasteiger partial charge in [-0.15, -0.1) is 0 Å². The second-order valence-electron chi connectivity index (χ2n) is 4.75. The molecule has 0 aliphatic carbocycles. The number of hydrogen-bond acceptors (Lipinski definition) is 3. The Hall–Kier alpha value is -1.72. The number of aryl methyl sites for hydroxylation is 2. The zero-order chi connectivity index (χ0) is 15.6. The average molecular weight is 325 g/mol. The van der Waals surface area contributed by atoms with Crippen LogP contribution in [0.15, 0.2) is 41.3 Å². The van der Waals surface area contributed by atoms with Crippen molar-refractivity contribution in [1.29, 1.82) is 0 Å². The molecule has 0 amide bonds. The zero-order valence-corrected chi connectivity index (χ0v) is 13.4. The number of nitrogens with one attached hydrogen (secondary N) is 1. The first-order valence-corrected chi connectivity index (χ1v) is 8.37. The lowest BCUT2D eigenvalue weighted by atomic mass is 10.1. The fraction of sp³-hybridized carbons (Fsp3) is 0.200. The van der Waals surface area contributed by atoms with Crippen LogP contribution in [0.2, 0.25) is 5.02 Å². The van der Waals surface area contributed by atoms with Crippen molar-refractivity contribution in [2.45, 2.75) is 25.2 Å². The van der Waals surface area contributed by atoms with Crippen molar-refractivity contribution in [3.05, 3.63) is 52.5 Å². The van der Waals surface area contributed by atoms with Crippen LogP contribution in [0, 0.1) is 6.92 Å². The van der Waals surface area contributed by atoms with E-state index in [1.165, 1.54) is 12.1 Å². The maximum atomic E-state index is 12.5. The van der Waals surface area contributed by atoms with Gasteiger partial charge in [0.2, 0.25) is 0 Å². The van der Waals surface area contributed by atoms with Gasteiger partial charge in [0.1, 0.15) is 4.90 Å². The van der Waals surface area contributed by atoms with Gasteiger partial charge in [-0.2, -0.15) is 0 Å². The molecule has 0 bridgehead atoms. The monoisotopic (exact) mass is 324 g/mol. The highest BCUT2D eigenvalue weighted by atomic mass is 35.5. The first kappa shape index (κ1) is 15.7. The number of hydrogen-bond donors (Lipinski definition) is 2. The third-order valence-corrected chi connectivity index (χ3v) is 4.88. The third kappa shape index (κ3) is 3.31. The van der Waals surface area contributed by atoms with Gasteiger partial charge in [-0.3, -0.25) is 4.72 Å². The van der Waals surface area contributed by atoms with Gasteiger partial charge in [-0.05, 0) is 42.7 Å². The number of sulfonamides is 1. The molecule has 0 radical (unpaired) electrons. The molecule has 0 atom stereocenters. The van der Waals surface area contributed by atoms with E-state index in [0.29, 0.717) is 10.7 Å². The van der Waals surface area contributed by atoms with E-state index in [4.69, 9.17) is 17.3 Å². The summed E-state index contributed by atoms with van der Waals surface area (Å²) in [5.41, 5.74) is 8.31. The van der Waals surface area contributed by atoms with Crippen LogP contribution < -0.4 is 10.5 Å². The van der Waals surface area contributed by atoms with Crippen LogP contribution in [0.1, 0.15) is 18.1 Å². The molecule has 4 nitrogen and oxygen atoms in total. The highest BCUT2D eigenvalue weighted by Gasteiger charge is 2.20. The lowest BCUT2D eigenvalue weighted by Crippen LogP contribution is -2.16. The largest absolute Gasteiger partial charge is 0.398 e. The van der Waals surface area contributed by atoms with Gasteiger partial charge in [0.15, 0.2) is 0 Å². The Morgan fingerprint density at radius 2 is 1.95 bits per heavy atom. The zero-order valence-electron chi connectivity index (χ0n) is 11.9. The molecule has 3 N–H and O–H groups in total. The Bertz CT molecular complexity index is 773. The van der Waals surface area contributed by atoms with Crippen LogP contribution in [-0.4, -0.2) is 8.42 Å². The Labute approximate surface area is 130 Å². The van der Waals surface area contributed by atoms with Gasteiger partial charge < -0.3 is 5.73 Å². The first-order valence-electron chi connectivity index (χ1n) is 6.51. The minimum Gasteiger partial charge on any atom is -0.398 e. The summed E-state index contributed by atoms with van der Waals surface area (Å²) in [6.07, 6.45) is 0.727. The van der Waals surface area contributed by atoms with E-state index in [-0.39, 0.29) is 10.6 Å². The predicted octanol–water partition coefficient (Wildman–Crippen LogP) is 3.59. The molecule has 0 aliphatic heterocycles. The van der Waals surface area contributed by atoms with Crippen molar-refractivity contribution in [3.63, 3.8) is 0 Å². The van der Waals surface area contributed by atoms with Gasteiger partial charge >= 0.3 is 0 Å². The van der Waals surface area contributed by atoms with Gasteiger partial charge in [0.05, 0.1) is 11.4 Å². The predicted molar refractivity (Wildman–Crippen MR) is 87.2 cm³/mol. The van der Waals surface area contributed by atoms with E-state index in [1.54, 1.807) is 6.07 Å². The Morgan fingerprint density at radius 3 is 2.62 bits per heavy atom. The van der Waals surface area contributed by atoms with Crippen molar-refractivity contribution in [1.82, 2.24) is 0 Å². The summed E-state index contributed by atoms with van der Waals surface area (Å²) in [6, 6.07) is 10.0. The van der Waals surface area contributed by atoms with Crippen molar-refractivity contribution in [2.24, 2.45) is 0 Å². The lowest BCUT2D eigenvalue weighted by molar-refractivity contribution is 0.601. The van der Waals surface area contributed by atoms with Crippen molar-refractivity contribution >= 4 is 33.0 Å². The van der Waals surface area contributed by atoms with Gasteiger partial charge in [0, 0.05) is 5.02 Å². The molecule has 112 valence electrons. The summed E-state index contributed by atoms with van der Waals surface area (Å²) >= 11 is 5.87. The fourth-order valence-electron chi connectivity index (χ4n) is 2.10. The highest BCUT2D eigenvalue weighted by molar-refractivity contribution is 7.92. The molecular formula is C15H17ClN2O2S. The number of para-hydroxylation sites is 1. The Balaban J connectivity index is 2.50. The summed E-state index contributed by atoms with van der Waals surface area (Å²) in [6.45, 7) is 3.83. The van der Waals surface area contributed by atoms with E-state index in [9.17, 15) is 8.42 Å². The summed E-state index contributed by atoms with van der Waals surface area (Å²) in [5, 5.41) is 0.324. The maximum absolute atomic E-state index is 12.5. The third-order valence-electron chi connectivity index (χ3n) is 3.24. The molecule has 0 aromatic heterocycles. The minimum absolute atomic E-state index is 0.0136. The number of nitrogens with two attached hydrogens (primary N) is 1. The molecule has 0 saturated heterocycles. The topological polar surface area (TPSA) is 72.2 Å². The van der Waals surface area contributed by atoms with E-state index in [0.717, 1.165) is 17.5 Å². The van der Waals surface area contributed by atoms with Crippen molar-refractivity contribution in [2.75, 3.05) is 10.5 Å². The second kappa shape index (κ2) is 5.95. The van der Waals surface area contributed by atoms with Crippen molar-refractivity contribution < 1.29 is 8.42 Å². The van der Waals surface area contributed by atoms with Crippen LogP contribution in [0.4, 0.5) is 11.4 Å². The minimum atomic E-state index is -3.78. The molecule has 0 unspecified atom stereocenters. The summed E-state index contributed by atoms with van der Waals surface area (Å²) < 4.78 is 27.7. The first-order chi connectivity index (χ1) is 9.85. The van der Waals surface area contributed by atoms with Gasteiger partial charge in [-0.25, -0.2) is 8.42 Å². The van der Waals surface area contributed by atoms with Crippen LogP contribution in [0.25, 0.3) is 0 Å². The number of anilines is 2. The standard InChI is InChI=1S/C15H17ClN2O2S/c1-3-11-6-4-5-10(2)15(11)18-21(19,20)14-9-12(16)7-8-13(14)17/h4-9,18H,3,17H2,1-2H3. The highest BCUT2D eigenvalue weighted by Crippen LogP contribution is 2.28. The van der Waals surface area contributed by atoms with Crippen LogP contribution in [-0.2, 0) is 16.4 Å². The molecular weight excluding hydrogens is 308 g/mol. The lowest BCUT2D eigenvalue weighted by Gasteiger charge is -2.15. The summed E-state index contributed by atoms with van der Waals surface area (Å²) in [7, 11) is -3.78. The molecule has 0 heterocycles. The number of halogens is 1. The molecule has 0 aliphatic rings. The quantitative estimate of drug-likeness (QED) is 0.844. The fourth-order valence-corrected chi connectivity index (χ4v) is 3.67. The molecule has 0 saturated carbocycles. The SMILES string of the molecule is CCc1cccc(C)c1NS(=O)(=O)c1cc(Cl)ccc1N. The normalized spacial score (nSPS) is 11.4. The molecule has 21 heavy (non-hydrogen) atoms. The molecule has 0 spiro atoms. The summed E-state index contributed by atoms with van der Waals surface area (Å²) in [5.74, 6) is 0. The van der Waals surface area contributed by atoms with Crippen LogP contribution >= 0.6 is 11.6 Å². The van der Waals surface area contributed by atoms with E-state index in [1.807, 2.05) is 32.0 Å². The van der Waals surface area contributed by atoms with Gasteiger partial charge in [-0.1, -0.05) is 36.7 Å².